The van der Waals surface area contributed by atoms with Gasteiger partial charge < -0.3 is 15.8 Å². The topological polar surface area (TPSA) is 77.0 Å². The molecule has 0 fully saturated rings. The van der Waals surface area contributed by atoms with Crippen molar-refractivity contribution in [3.8, 4) is 0 Å². The Morgan fingerprint density at radius 2 is 2.44 bits per heavy atom. The highest BCUT2D eigenvalue weighted by atomic mass is 32.1. The van der Waals surface area contributed by atoms with Crippen LogP contribution in [0.2, 0.25) is 0 Å². The first kappa shape index (κ1) is 8.74. The van der Waals surface area contributed by atoms with Crippen LogP contribution in [0.4, 0.5) is 0 Å². The molecule has 5 heteroatoms. The molecule has 0 heterocycles. The highest BCUT2D eigenvalue weighted by Gasteiger charge is 2.32. The molecule has 0 aromatic carbocycles. The number of carboxylic acid groups (broad SMARTS) is 1. The summed E-state index contributed by atoms with van der Waals surface area (Å²) < 4.78 is 0. The van der Waals surface area contributed by atoms with E-state index in [1.165, 1.54) is 6.92 Å². The monoisotopic (exact) mass is 151 g/mol. The average molecular weight is 151 g/mol. The molecule has 9 heavy (non-hydrogen) atoms. The maximum Gasteiger partial charge on any atom is 0.366 e. The Balaban J connectivity index is 4.09. The summed E-state index contributed by atoms with van der Waals surface area (Å²) in [5, 5.41) is 18.4. The van der Waals surface area contributed by atoms with Crippen LogP contribution in [-0.4, -0.2) is 22.4 Å². The van der Waals surface area contributed by atoms with Crippen LogP contribution in [0.3, 0.4) is 0 Å². The van der Waals surface area contributed by atoms with Gasteiger partial charge in [0.2, 0.25) is 0 Å². The van der Waals surface area contributed by atoms with Crippen molar-refractivity contribution in [1.29, 1.82) is 0 Å². The van der Waals surface area contributed by atoms with Crippen molar-refractivity contribution < 1.29 is 15.4 Å². The molecule has 0 saturated heterocycles. The molecule has 0 saturated carbocycles. The van der Waals surface area contributed by atoms with Crippen LogP contribution in [0, 0.1) is 5.21 Å². The van der Waals surface area contributed by atoms with Crippen LogP contribution in [0.25, 0.3) is 0 Å². The van der Waals surface area contributed by atoms with Crippen LogP contribution in [0.15, 0.2) is 0 Å². The lowest BCUT2D eigenvalue weighted by atomic mass is 10.1. The third-order valence-electron chi connectivity index (χ3n) is 1.08. The fraction of sp³-hybridized carbons (Fsp3) is 0.750. The molecule has 0 unspecified atom stereocenters. The Morgan fingerprint density at radius 1 is 2.00 bits per heavy atom. The molecule has 0 aromatic heterocycles. The Kier molecular flexibility index (Phi) is 2.96. The van der Waals surface area contributed by atoms with E-state index in [0.29, 0.717) is 5.48 Å². The van der Waals surface area contributed by atoms with Gasteiger partial charge in [-0.3, -0.25) is 0 Å². The number of quaternary nitrogens is 1. The van der Waals surface area contributed by atoms with Crippen molar-refractivity contribution in [2.75, 3.05) is 5.75 Å². The Hall–Kier alpha value is -0.260. The number of thiol groups is 1. The van der Waals surface area contributed by atoms with Gasteiger partial charge in [0.1, 0.15) is 0 Å². The zero-order valence-electron chi connectivity index (χ0n) is 5.00. The first-order chi connectivity index (χ1) is 4.06. The molecule has 0 aromatic rings. The number of carboxylic acids is 1. The summed E-state index contributed by atoms with van der Waals surface area (Å²) in [6.07, 6.45) is 0. The first-order valence-electron chi connectivity index (χ1n) is 2.37. The summed E-state index contributed by atoms with van der Waals surface area (Å²) in [4.78, 5) is 10.2. The zero-order chi connectivity index (χ0) is 7.49. The van der Waals surface area contributed by atoms with E-state index in [1.54, 1.807) is 0 Å². The zero-order valence-corrected chi connectivity index (χ0v) is 5.89. The van der Waals surface area contributed by atoms with Gasteiger partial charge in [0.15, 0.2) is 5.54 Å². The molecule has 0 aliphatic heterocycles. The van der Waals surface area contributed by atoms with Crippen LogP contribution in [-0.2, 0) is 4.79 Å². The standard InChI is InChI=1S/C4H9NO3S/c1-4(2-9,5-8)3(6)7/h9H,2,5H2,1H3,(H,6,7)/t4-/m0/s1. The van der Waals surface area contributed by atoms with Gasteiger partial charge >= 0.3 is 5.97 Å². The fourth-order valence-electron chi connectivity index (χ4n) is 0.155. The van der Waals surface area contributed by atoms with Gasteiger partial charge in [0.05, 0.1) is 5.75 Å². The third-order valence-corrected chi connectivity index (χ3v) is 1.73. The molecule has 0 amide bonds. The molecule has 1 atom stereocenters. The van der Waals surface area contributed by atoms with Gasteiger partial charge in [-0.1, -0.05) is 0 Å². The second-order valence-electron chi connectivity index (χ2n) is 2.00. The highest BCUT2D eigenvalue weighted by molar-refractivity contribution is 7.80. The molecule has 0 aliphatic rings. The van der Waals surface area contributed by atoms with Gasteiger partial charge in [-0.2, -0.15) is 12.6 Å². The summed E-state index contributed by atoms with van der Waals surface area (Å²) in [6, 6.07) is 0. The van der Waals surface area contributed by atoms with E-state index < -0.39 is 11.5 Å². The second-order valence-corrected chi connectivity index (χ2v) is 2.31. The van der Waals surface area contributed by atoms with Gasteiger partial charge in [0.25, 0.3) is 0 Å². The number of aliphatic carboxylic acids is 1. The Labute approximate surface area is 58.2 Å². The molecular weight excluding hydrogens is 142 g/mol. The summed E-state index contributed by atoms with van der Waals surface area (Å²) in [6.45, 7) is 1.33. The first-order valence-corrected chi connectivity index (χ1v) is 3.00. The van der Waals surface area contributed by atoms with E-state index in [0.717, 1.165) is 0 Å². The van der Waals surface area contributed by atoms with Crippen LogP contribution in [0.1, 0.15) is 6.92 Å². The number of hydroxylamine groups is 1. The summed E-state index contributed by atoms with van der Waals surface area (Å²) in [5.41, 5.74) is -0.925. The lowest BCUT2D eigenvalue weighted by Gasteiger charge is -2.21. The minimum atomic E-state index is -1.32. The molecular formula is C4H9NO3S. The minimum Gasteiger partial charge on any atom is -0.635 e. The second kappa shape index (κ2) is 3.05. The number of hydrogen-bond acceptors (Lipinski definition) is 3. The van der Waals surface area contributed by atoms with E-state index in [2.05, 4.69) is 12.6 Å². The molecule has 0 spiro atoms. The van der Waals surface area contributed by atoms with E-state index in [9.17, 15) is 10.0 Å². The number of hydrogen-bond donors (Lipinski definition) is 3. The molecule has 54 valence electrons. The molecule has 0 bridgehead atoms. The van der Waals surface area contributed by atoms with Gasteiger partial charge in [-0.15, -0.1) is 0 Å². The summed E-state index contributed by atoms with van der Waals surface area (Å²) >= 11 is 3.71. The van der Waals surface area contributed by atoms with Crippen LogP contribution in [0.5, 0.6) is 0 Å². The van der Waals surface area contributed by atoms with Crippen molar-refractivity contribution in [3.63, 3.8) is 0 Å². The number of carbonyl (C=O) groups is 1. The lowest BCUT2D eigenvalue weighted by Crippen LogP contribution is -2.94. The predicted molar refractivity (Wildman–Crippen MR) is 35.2 cm³/mol. The van der Waals surface area contributed by atoms with E-state index in [1.807, 2.05) is 0 Å². The highest BCUT2D eigenvalue weighted by Crippen LogP contribution is 1.98. The molecule has 4 nitrogen and oxygen atoms in total. The van der Waals surface area contributed by atoms with Crippen molar-refractivity contribution in [2.24, 2.45) is 0 Å². The summed E-state index contributed by atoms with van der Waals surface area (Å²) in [7, 11) is 0. The third kappa shape index (κ3) is 1.85. The van der Waals surface area contributed by atoms with Crippen LogP contribution < -0.4 is 5.48 Å². The number of nitrogens with two attached hydrogens (primary N) is 1. The van der Waals surface area contributed by atoms with Gasteiger partial charge in [0, 0.05) is 6.92 Å². The van der Waals surface area contributed by atoms with Crippen molar-refractivity contribution >= 4 is 18.6 Å². The molecule has 0 aliphatic carbocycles. The van der Waals surface area contributed by atoms with Gasteiger partial charge in [-0.25, -0.2) is 4.79 Å². The van der Waals surface area contributed by atoms with Crippen molar-refractivity contribution in [1.82, 2.24) is 0 Å². The van der Waals surface area contributed by atoms with E-state index >= 15 is 0 Å². The van der Waals surface area contributed by atoms with E-state index in [4.69, 9.17) is 5.11 Å². The predicted octanol–water partition coefficient (Wildman–Crippen LogP) is -1.18. The fourth-order valence-corrected chi connectivity index (χ4v) is 0.365. The van der Waals surface area contributed by atoms with Crippen LogP contribution >= 0.6 is 12.6 Å². The average Bonchev–Trinajstić information content (AvgIpc) is 1.86. The Bertz CT molecular complexity index is 112. The molecule has 0 rings (SSSR count). The Morgan fingerprint density at radius 3 is 2.44 bits per heavy atom. The minimum absolute atomic E-state index is 0.0336. The van der Waals surface area contributed by atoms with Crippen molar-refractivity contribution in [2.45, 2.75) is 12.5 Å². The summed E-state index contributed by atoms with van der Waals surface area (Å²) in [5.74, 6) is -1.10. The molecule has 3 N–H and O–H groups in total. The number of rotatable bonds is 3. The maximum absolute atomic E-state index is 10.2. The largest absolute Gasteiger partial charge is 0.635 e. The lowest BCUT2D eigenvalue weighted by molar-refractivity contribution is -0.646. The normalized spacial score (nSPS) is 16.8. The maximum atomic E-state index is 10.2. The SMILES string of the molecule is C[C@@](CS)([NH2+][O-])C(=O)O. The molecule has 0 radical (unpaired) electrons. The van der Waals surface area contributed by atoms with E-state index in [-0.39, 0.29) is 5.75 Å². The smallest absolute Gasteiger partial charge is 0.366 e. The van der Waals surface area contributed by atoms with Gasteiger partial charge in [-0.05, 0) is 0 Å². The quantitative estimate of drug-likeness (QED) is 0.351. The van der Waals surface area contributed by atoms with Crippen molar-refractivity contribution in [3.05, 3.63) is 5.21 Å².